The van der Waals surface area contributed by atoms with Crippen molar-refractivity contribution in [3.63, 3.8) is 0 Å². The number of sulfone groups is 2. The highest BCUT2D eigenvalue weighted by Gasteiger charge is 2.24. The van der Waals surface area contributed by atoms with Gasteiger partial charge in [0.1, 0.15) is 0 Å². The third-order valence-electron chi connectivity index (χ3n) is 5.48. The van der Waals surface area contributed by atoms with Crippen LogP contribution >= 0.6 is 0 Å². The Morgan fingerprint density at radius 2 is 1.25 bits per heavy atom. The van der Waals surface area contributed by atoms with E-state index in [9.17, 15) is 26.4 Å². The first-order valence-corrected chi connectivity index (χ1v) is 13.9. The Morgan fingerprint density at radius 1 is 0.806 bits per heavy atom. The summed E-state index contributed by atoms with van der Waals surface area (Å²) in [6.45, 7) is 3.45. The molecule has 0 bridgehead atoms. The minimum absolute atomic E-state index is 0.0241. The first kappa shape index (κ1) is 26.8. The van der Waals surface area contributed by atoms with E-state index in [1.165, 1.54) is 19.2 Å². The number of hydrogen-bond acceptors (Lipinski definition) is 7. The lowest BCUT2D eigenvalue weighted by atomic mass is 10.0. The highest BCUT2D eigenvalue weighted by molar-refractivity contribution is 7.92. The molecule has 2 aromatic carbocycles. The summed E-state index contributed by atoms with van der Waals surface area (Å²) in [5.41, 5.74) is 13.3. The molecule has 0 aromatic heterocycles. The average molecular weight is 532 g/mol. The van der Waals surface area contributed by atoms with Gasteiger partial charge in [-0.3, -0.25) is 4.79 Å². The zero-order chi connectivity index (χ0) is 26.8. The van der Waals surface area contributed by atoms with E-state index in [0.29, 0.717) is 27.8 Å². The van der Waals surface area contributed by atoms with Crippen molar-refractivity contribution < 1.29 is 31.2 Å². The van der Waals surface area contributed by atoms with Crippen LogP contribution in [0.1, 0.15) is 43.0 Å². The molecule has 0 saturated carbocycles. The van der Waals surface area contributed by atoms with E-state index in [0.717, 1.165) is 0 Å². The number of aliphatic imine (C=N–C) groups is 1. The second-order valence-electron chi connectivity index (χ2n) is 8.11. The van der Waals surface area contributed by atoms with Crippen LogP contribution in [-0.2, 0) is 24.4 Å². The smallest absolute Gasteiger partial charge is 0.338 e. The largest absolute Gasteiger partial charge is 0.465 e. The van der Waals surface area contributed by atoms with Crippen LogP contribution in [0.5, 0.6) is 0 Å². The van der Waals surface area contributed by atoms with Crippen molar-refractivity contribution >= 4 is 49.7 Å². The number of ether oxygens (including phenoxy) is 1. The van der Waals surface area contributed by atoms with Gasteiger partial charge < -0.3 is 16.2 Å². The van der Waals surface area contributed by atoms with Gasteiger partial charge in [0.2, 0.25) is 0 Å². The summed E-state index contributed by atoms with van der Waals surface area (Å²) >= 11 is 0. The van der Waals surface area contributed by atoms with Gasteiger partial charge in [-0.1, -0.05) is 24.3 Å². The molecule has 36 heavy (non-hydrogen) atoms. The minimum Gasteiger partial charge on any atom is -0.465 e. The number of amides is 1. The number of benzene rings is 2. The van der Waals surface area contributed by atoms with Gasteiger partial charge in [-0.15, -0.1) is 0 Å². The normalized spacial score (nSPS) is 16.0. The Hall–Kier alpha value is -3.77. The van der Waals surface area contributed by atoms with Gasteiger partial charge in [0.05, 0.1) is 34.0 Å². The van der Waals surface area contributed by atoms with Crippen LogP contribution in [0.2, 0.25) is 0 Å². The lowest BCUT2D eigenvalue weighted by Gasteiger charge is -2.14. The van der Waals surface area contributed by atoms with Crippen LogP contribution in [0.3, 0.4) is 0 Å². The Labute approximate surface area is 209 Å². The molecular formula is C24H25N3O7S2. The van der Waals surface area contributed by atoms with E-state index in [1.54, 1.807) is 50.3 Å². The quantitative estimate of drug-likeness (QED) is 0.332. The molecule has 2 heterocycles. The Balaban J connectivity index is 0.000000202. The molecule has 0 aliphatic carbocycles. The fraction of sp³-hybridized carbons (Fsp3) is 0.208. The fourth-order valence-electron chi connectivity index (χ4n) is 3.74. The van der Waals surface area contributed by atoms with Crippen LogP contribution in [0.4, 0.5) is 0 Å². The minimum atomic E-state index is -3.39. The maximum Gasteiger partial charge on any atom is 0.338 e. The first-order chi connectivity index (χ1) is 16.8. The summed E-state index contributed by atoms with van der Waals surface area (Å²) in [6.07, 6.45) is 6.66. The molecule has 190 valence electrons. The van der Waals surface area contributed by atoms with Gasteiger partial charge in [0.15, 0.2) is 25.6 Å². The highest BCUT2D eigenvalue weighted by atomic mass is 32.2. The van der Waals surface area contributed by atoms with E-state index < -0.39 is 31.6 Å². The van der Waals surface area contributed by atoms with Gasteiger partial charge in [-0.05, 0) is 60.4 Å². The second-order valence-corrected chi connectivity index (χ2v) is 12.1. The number of nitrogens with two attached hydrogens (primary N) is 2. The second kappa shape index (κ2) is 10.1. The third-order valence-corrected chi connectivity index (χ3v) is 8.79. The van der Waals surface area contributed by atoms with Crippen molar-refractivity contribution in [2.45, 2.75) is 23.6 Å². The molecule has 10 nitrogen and oxygen atoms in total. The summed E-state index contributed by atoms with van der Waals surface area (Å²) in [7, 11) is -5.44. The van der Waals surface area contributed by atoms with Gasteiger partial charge in [-0.2, -0.15) is 4.99 Å². The zero-order valence-electron chi connectivity index (χ0n) is 19.8. The number of guanidine groups is 1. The molecule has 0 fully saturated rings. The van der Waals surface area contributed by atoms with Gasteiger partial charge in [-0.25, -0.2) is 21.6 Å². The number of hydrogen-bond donors (Lipinski definition) is 2. The molecule has 0 atom stereocenters. The topological polar surface area (TPSA) is 176 Å². The summed E-state index contributed by atoms with van der Waals surface area (Å²) in [5, 5.41) is 0. The molecule has 0 saturated heterocycles. The lowest BCUT2D eigenvalue weighted by Crippen LogP contribution is -2.24. The maximum absolute atomic E-state index is 11.9. The van der Waals surface area contributed by atoms with E-state index in [4.69, 9.17) is 11.5 Å². The van der Waals surface area contributed by atoms with E-state index in [-0.39, 0.29) is 32.8 Å². The summed E-state index contributed by atoms with van der Waals surface area (Å²) in [5.74, 6) is -1.62. The van der Waals surface area contributed by atoms with Gasteiger partial charge in [0, 0.05) is 5.56 Å². The summed E-state index contributed by atoms with van der Waals surface area (Å²) in [4.78, 5) is 27.1. The lowest BCUT2D eigenvalue weighted by molar-refractivity contribution is 0.0599. The van der Waals surface area contributed by atoms with Gasteiger partial charge in [0.25, 0.3) is 5.91 Å². The number of rotatable bonds is 2. The number of fused-ring (bicyclic) bond motifs is 2. The monoisotopic (exact) mass is 531 g/mol. The molecule has 0 radical (unpaired) electrons. The van der Waals surface area contributed by atoms with Crippen molar-refractivity contribution in [3.05, 3.63) is 69.8 Å². The summed E-state index contributed by atoms with van der Waals surface area (Å²) < 4.78 is 52.2. The van der Waals surface area contributed by atoms with Crippen LogP contribution in [0, 0.1) is 13.8 Å². The van der Waals surface area contributed by atoms with Crippen molar-refractivity contribution in [1.29, 1.82) is 0 Å². The van der Waals surface area contributed by atoms with E-state index in [1.807, 2.05) is 0 Å². The number of methoxy groups -OCH3 is 1. The molecule has 2 aliphatic rings. The molecule has 12 heteroatoms. The molecule has 1 amide bonds. The third kappa shape index (κ3) is 5.55. The van der Waals surface area contributed by atoms with Crippen molar-refractivity contribution in [2.24, 2.45) is 16.5 Å². The van der Waals surface area contributed by atoms with Crippen LogP contribution in [-0.4, -0.2) is 53.3 Å². The predicted molar refractivity (Wildman–Crippen MR) is 136 cm³/mol. The zero-order valence-corrected chi connectivity index (χ0v) is 21.4. The molecule has 4 N–H and O–H groups in total. The van der Waals surface area contributed by atoms with Crippen LogP contribution in [0.25, 0.3) is 12.2 Å². The summed E-state index contributed by atoms with van der Waals surface area (Å²) in [6, 6.07) is 6.06. The van der Waals surface area contributed by atoms with Gasteiger partial charge >= 0.3 is 5.97 Å². The molecule has 0 unspecified atom stereocenters. The van der Waals surface area contributed by atoms with Crippen LogP contribution < -0.4 is 11.5 Å². The molecule has 2 aromatic rings. The predicted octanol–water partition coefficient (Wildman–Crippen LogP) is 1.79. The van der Waals surface area contributed by atoms with Crippen molar-refractivity contribution in [1.82, 2.24) is 0 Å². The number of aryl methyl sites for hydroxylation is 2. The SMILES string of the molecule is COC(=O)c1cc2c(cc1C)C=CCS2(=O)=O.Cc1cc2c(cc1C(=O)N=C(N)N)S(=O)(=O)CC=C2. The Kier molecular flexibility index (Phi) is 7.51. The Morgan fingerprint density at radius 3 is 1.69 bits per heavy atom. The van der Waals surface area contributed by atoms with Crippen molar-refractivity contribution in [2.75, 3.05) is 18.6 Å². The molecular weight excluding hydrogens is 506 g/mol. The molecule has 2 aliphatic heterocycles. The molecule has 0 spiro atoms. The standard InChI is InChI=1S/C12H13N3O3S.C12H12O4S/c1-7-5-8-3-2-4-19(17,18)10(8)6-9(7)11(16)15-12(13)14;1-8-6-9-4-3-5-17(14,15)11(9)7-10(8)12(13)16-2/h2-3,5-6H,4H2,1H3,(H4,13,14,15,16);3-4,6-7H,5H2,1-2H3. The van der Waals surface area contributed by atoms with Crippen molar-refractivity contribution in [3.8, 4) is 0 Å². The fourth-order valence-corrected chi connectivity index (χ4v) is 6.37. The Bertz CT molecular complexity index is 1570. The van der Waals surface area contributed by atoms with E-state index >= 15 is 0 Å². The average Bonchev–Trinajstić information content (AvgIpc) is 2.77. The number of carbonyl (C=O) groups excluding carboxylic acids is 2. The number of carbonyl (C=O) groups is 2. The number of esters is 1. The molecule has 4 rings (SSSR count). The number of nitrogens with zero attached hydrogens (tertiary/aromatic N) is 1. The first-order valence-electron chi connectivity index (χ1n) is 10.6. The highest BCUT2D eigenvalue weighted by Crippen LogP contribution is 2.28. The van der Waals surface area contributed by atoms with E-state index in [2.05, 4.69) is 9.73 Å². The van der Waals surface area contributed by atoms with Crippen LogP contribution in [0.15, 0.2) is 51.2 Å². The maximum atomic E-state index is 11.9.